The van der Waals surface area contributed by atoms with Gasteiger partial charge in [0.2, 0.25) is 0 Å². The molecule has 0 spiro atoms. The third kappa shape index (κ3) is 6.20. The molecule has 0 atom stereocenters. The maximum atomic E-state index is 13.2. The van der Waals surface area contributed by atoms with Gasteiger partial charge in [-0.3, -0.25) is 10.1 Å². The fourth-order valence-electron chi connectivity index (χ4n) is 2.45. The monoisotopic (exact) mass is 479 g/mol. The molecule has 2 aromatic carbocycles. The van der Waals surface area contributed by atoms with Crippen LogP contribution in [0.2, 0.25) is 0 Å². The van der Waals surface area contributed by atoms with Crippen molar-refractivity contribution in [2.75, 3.05) is 0 Å². The molecule has 0 unspecified atom stereocenters. The Morgan fingerprint density at radius 3 is 2.24 bits per heavy atom. The fourth-order valence-corrected chi connectivity index (χ4v) is 2.45. The number of halogens is 7. The number of nitrogens with one attached hydrogen (secondary N) is 1. The lowest BCUT2D eigenvalue weighted by Crippen LogP contribution is -2.58. The van der Waals surface area contributed by atoms with E-state index in [0.29, 0.717) is 28.5 Å². The van der Waals surface area contributed by atoms with Crippen molar-refractivity contribution in [3.8, 4) is 5.75 Å². The second kappa shape index (κ2) is 9.88. The molecular weight excluding hydrogens is 463 g/mol. The second-order valence-electron chi connectivity index (χ2n) is 6.59. The first-order valence-electron chi connectivity index (χ1n) is 9.01. The summed E-state index contributed by atoms with van der Waals surface area (Å²) in [6, 6.07) is 4.03. The van der Waals surface area contributed by atoms with Crippen molar-refractivity contribution < 1.29 is 40.4 Å². The third-order valence-corrected chi connectivity index (χ3v) is 4.16. The van der Waals surface area contributed by atoms with Gasteiger partial charge in [-0.05, 0) is 53.4 Å². The topological polar surface area (TPSA) is 76.8 Å². The molecule has 0 radical (unpaired) electrons. The summed E-state index contributed by atoms with van der Waals surface area (Å²) in [7, 11) is 0. The summed E-state index contributed by atoms with van der Waals surface area (Å²) in [6.45, 7) is 3.60. The Morgan fingerprint density at radius 1 is 1.06 bits per heavy atom. The molecule has 0 aliphatic carbocycles. The summed E-state index contributed by atoms with van der Waals surface area (Å²) in [5.41, 5.74) is 1.66. The molecular formula is C20H16F7N3O3. The average Bonchev–Trinajstić information content (AvgIpc) is 2.72. The van der Waals surface area contributed by atoms with Crippen LogP contribution in [-0.4, -0.2) is 29.3 Å². The number of non-ortho nitro benzene ring substituents is 1. The predicted octanol–water partition coefficient (Wildman–Crippen LogP) is 5.62. The average molecular weight is 479 g/mol. The van der Waals surface area contributed by atoms with E-state index in [1.807, 2.05) is 0 Å². The quantitative estimate of drug-likeness (QED) is 0.120. The van der Waals surface area contributed by atoms with Gasteiger partial charge in [-0.15, -0.1) is 6.58 Å². The Morgan fingerprint density at radius 2 is 1.70 bits per heavy atom. The van der Waals surface area contributed by atoms with E-state index in [1.165, 1.54) is 48.5 Å². The molecule has 2 aromatic rings. The van der Waals surface area contributed by atoms with Crippen molar-refractivity contribution in [2.45, 2.75) is 31.2 Å². The van der Waals surface area contributed by atoms with Gasteiger partial charge < -0.3 is 4.74 Å². The number of hydrogen-bond donors (Lipinski definition) is 1. The Kier molecular flexibility index (Phi) is 7.67. The second-order valence-corrected chi connectivity index (χ2v) is 6.59. The van der Waals surface area contributed by atoms with Crippen LogP contribution in [0.4, 0.5) is 36.4 Å². The summed E-state index contributed by atoms with van der Waals surface area (Å²) >= 11 is 0. The van der Waals surface area contributed by atoms with Crippen LogP contribution in [0, 0.1) is 10.1 Å². The summed E-state index contributed by atoms with van der Waals surface area (Å²) in [6.07, 6.45) is -4.09. The van der Waals surface area contributed by atoms with Gasteiger partial charge in [-0.25, -0.2) is 5.43 Å². The first kappa shape index (κ1) is 25.6. The molecule has 0 aliphatic heterocycles. The number of rotatable bonds is 10. The zero-order valence-corrected chi connectivity index (χ0v) is 16.6. The molecule has 13 heteroatoms. The van der Waals surface area contributed by atoms with Gasteiger partial charge >= 0.3 is 18.1 Å². The van der Waals surface area contributed by atoms with E-state index in [2.05, 4.69) is 11.7 Å². The van der Waals surface area contributed by atoms with Crippen molar-refractivity contribution in [2.24, 2.45) is 5.10 Å². The number of ether oxygens (including phenoxy) is 1. The number of hydrogen-bond acceptors (Lipinski definition) is 5. The summed E-state index contributed by atoms with van der Waals surface area (Å²) in [5, 5.41) is 13.5. The lowest BCUT2D eigenvalue weighted by atomic mass is 10.1. The Hall–Kier alpha value is -3.64. The molecule has 178 valence electrons. The zero-order chi connectivity index (χ0) is 24.9. The summed E-state index contributed by atoms with van der Waals surface area (Å²) in [5.74, 6) is -5.99. The molecule has 2 rings (SSSR count). The van der Waals surface area contributed by atoms with Crippen LogP contribution in [0.1, 0.15) is 16.7 Å². The van der Waals surface area contributed by atoms with Crippen LogP contribution in [0.5, 0.6) is 5.75 Å². The fraction of sp³-hybridized carbons (Fsp3) is 0.250. The maximum absolute atomic E-state index is 13.2. The van der Waals surface area contributed by atoms with Crippen molar-refractivity contribution in [3.63, 3.8) is 0 Å². The maximum Gasteiger partial charge on any atom is 0.462 e. The van der Waals surface area contributed by atoms with Crippen LogP contribution in [0.3, 0.4) is 0 Å². The van der Waals surface area contributed by atoms with Crippen molar-refractivity contribution in [1.82, 2.24) is 5.43 Å². The predicted molar refractivity (Wildman–Crippen MR) is 104 cm³/mol. The highest BCUT2D eigenvalue weighted by Crippen LogP contribution is 2.45. The highest BCUT2D eigenvalue weighted by molar-refractivity contribution is 5.80. The molecule has 0 saturated heterocycles. The van der Waals surface area contributed by atoms with Gasteiger partial charge in [0.1, 0.15) is 12.4 Å². The van der Waals surface area contributed by atoms with Crippen LogP contribution in [0.15, 0.2) is 60.2 Å². The number of nitro groups is 1. The lowest BCUT2D eigenvalue weighted by Gasteiger charge is -2.27. The number of allylic oxidation sites excluding steroid dienone is 1. The Balaban J connectivity index is 2.12. The van der Waals surface area contributed by atoms with E-state index in [4.69, 9.17) is 4.74 Å². The van der Waals surface area contributed by atoms with E-state index < -0.39 is 23.1 Å². The van der Waals surface area contributed by atoms with Crippen LogP contribution in [0.25, 0.3) is 0 Å². The molecule has 0 saturated carbocycles. The number of hydrazone groups is 1. The molecule has 0 heterocycles. The van der Waals surface area contributed by atoms with Gasteiger partial charge in [0.25, 0.3) is 5.69 Å². The highest BCUT2D eigenvalue weighted by atomic mass is 19.4. The normalized spacial score (nSPS) is 12.6. The molecule has 0 aromatic heterocycles. The van der Waals surface area contributed by atoms with Crippen molar-refractivity contribution in [1.29, 1.82) is 0 Å². The zero-order valence-electron chi connectivity index (χ0n) is 16.6. The minimum absolute atomic E-state index is 0.0376. The molecule has 33 heavy (non-hydrogen) atoms. The minimum atomic E-state index is -6.47. The van der Waals surface area contributed by atoms with Gasteiger partial charge in [-0.2, -0.15) is 35.8 Å². The highest BCUT2D eigenvalue weighted by Gasteiger charge is 2.73. The van der Waals surface area contributed by atoms with E-state index in [1.54, 1.807) is 0 Å². The van der Waals surface area contributed by atoms with Crippen LogP contribution >= 0.6 is 0 Å². The Bertz CT molecular complexity index is 1020. The largest absolute Gasteiger partial charge is 0.489 e. The first-order chi connectivity index (χ1) is 15.3. The number of nitrogens with zero attached hydrogens (tertiary/aromatic N) is 2. The van der Waals surface area contributed by atoms with Gasteiger partial charge in [-0.1, -0.05) is 6.08 Å². The smallest absolute Gasteiger partial charge is 0.462 e. The molecule has 6 nitrogen and oxygen atoms in total. The van der Waals surface area contributed by atoms with E-state index in [-0.39, 0.29) is 24.3 Å². The van der Waals surface area contributed by atoms with Crippen LogP contribution in [-0.2, 0) is 13.0 Å². The molecule has 1 N–H and O–H groups in total. The molecule has 0 aliphatic rings. The van der Waals surface area contributed by atoms with E-state index in [9.17, 15) is 40.8 Å². The van der Waals surface area contributed by atoms with E-state index in [0.717, 1.165) is 0 Å². The van der Waals surface area contributed by atoms with E-state index >= 15 is 0 Å². The standard InChI is InChI=1S/C20H16F7N3O3/c1-2-3-15-10-14(11-28-29-20(26,27)18(21,22)19(23,24)25)6-9-17(15)33-12-13-4-7-16(8-5-13)30(31)32/h2,4-11,29H,1,3,12H2/b28-11+. The SMILES string of the molecule is C=CCc1cc(/C=N/NC(F)(F)C(F)(F)C(F)(F)F)ccc1OCc1ccc([N+](=O)[O-])cc1. The lowest BCUT2D eigenvalue weighted by molar-refractivity contribution is -0.384. The number of benzene rings is 2. The van der Waals surface area contributed by atoms with Crippen molar-refractivity contribution in [3.05, 3.63) is 81.9 Å². The van der Waals surface area contributed by atoms with Crippen LogP contribution < -0.4 is 10.2 Å². The van der Waals surface area contributed by atoms with Crippen molar-refractivity contribution >= 4 is 11.9 Å². The van der Waals surface area contributed by atoms with Gasteiger partial charge in [0.15, 0.2) is 0 Å². The molecule has 0 bridgehead atoms. The van der Waals surface area contributed by atoms with Gasteiger partial charge in [0.05, 0.1) is 11.1 Å². The minimum Gasteiger partial charge on any atom is -0.489 e. The first-order valence-corrected chi connectivity index (χ1v) is 9.01. The third-order valence-electron chi connectivity index (χ3n) is 4.16. The number of alkyl halides is 7. The Labute approximate surface area is 182 Å². The molecule has 0 fully saturated rings. The molecule has 0 amide bonds. The number of nitro benzene ring substituents is 1. The van der Waals surface area contributed by atoms with Gasteiger partial charge in [0, 0.05) is 12.1 Å². The summed E-state index contributed by atoms with van der Waals surface area (Å²) < 4.78 is 94.3. The summed E-state index contributed by atoms with van der Waals surface area (Å²) in [4.78, 5) is 10.1.